The molecule has 5 heteroatoms. The third kappa shape index (κ3) is 2.40. The largest absolute Gasteiger partial charge is 0.396 e. The van der Waals surface area contributed by atoms with Gasteiger partial charge in [0, 0.05) is 13.2 Å². The average molecular weight is 277 g/mol. The van der Waals surface area contributed by atoms with Crippen molar-refractivity contribution in [1.29, 1.82) is 0 Å². The Labute approximate surface area is 116 Å². The van der Waals surface area contributed by atoms with Gasteiger partial charge in [0.15, 0.2) is 0 Å². The fourth-order valence-electron chi connectivity index (χ4n) is 2.97. The summed E-state index contributed by atoms with van der Waals surface area (Å²) in [5.41, 5.74) is 10.6. The van der Waals surface area contributed by atoms with Crippen LogP contribution >= 0.6 is 11.3 Å². The van der Waals surface area contributed by atoms with Crippen LogP contribution in [0.25, 0.3) is 10.2 Å². The molecular weight excluding hydrogens is 258 g/mol. The molecule has 0 bridgehead atoms. The number of hydrogen-bond acceptors (Lipinski definition) is 5. The molecule has 2 atom stereocenters. The monoisotopic (exact) mass is 277 g/mol. The zero-order valence-corrected chi connectivity index (χ0v) is 11.6. The standard InChI is InChI=1S/C14H19N3OS/c15-13-11(4-5-12-14(13)17-8-19-12)16-6-9-2-1-3-10(9)7-18/h4-5,8-10,16,18H,1-3,6-7,15H2. The first kappa shape index (κ1) is 12.7. The highest BCUT2D eigenvalue weighted by atomic mass is 32.1. The van der Waals surface area contributed by atoms with Gasteiger partial charge in [-0.1, -0.05) is 6.42 Å². The number of rotatable bonds is 4. The van der Waals surface area contributed by atoms with Crippen molar-refractivity contribution in [2.75, 3.05) is 24.2 Å². The molecule has 0 radical (unpaired) electrons. The van der Waals surface area contributed by atoms with Crippen LogP contribution in [-0.2, 0) is 0 Å². The highest BCUT2D eigenvalue weighted by Crippen LogP contribution is 2.33. The molecular formula is C14H19N3OS. The highest BCUT2D eigenvalue weighted by Gasteiger charge is 2.26. The summed E-state index contributed by atoms with van der Waals surface area (Å²) < 4.78 is 1.12. The number of aromatic nitrogens is 1. The number of nitrogens with two attached hydrogens (primary N) is 1. The van der Waals surface area contributed by atoms with Gasteiger partial charge in [0.25, 0.3) is 0 Å². The Balaban J connectivity index is 1.73. The summed E-state index contributed by atoms with van der Waals surface area (Å²) in [5.74, 6) is 0.993. The Bertz CT molecular complexity index is 569. The van der Waals surface area contributed by atoms with Crippen molar-refractivity contribution in [3.05, 3.63) is 17.6 Å². The molecule has 0 spiro atoms. The summed E-state index contributed by atoms with van der Waals surface area (Å²) >= 11 is 1.61. The molecule has 1 heterocycles. The zero-order valence-electron chi connectivity index (χ0n) is 10.8. The van der Waals surface area contributed by atoms with E-state index in [2.05, 4.69) is 16.4 Å². The van der Waals surface area contributed by atoms with E-state index in [0.717, 1.165) is 34.6 Å². The van der Waals surface area contributed by atoms with Crippen LogP contribution in [0, 0.1) is 11.8 Å². The summed E-state index contributed by atoms with van der Waals surface area (Å²) in [5, 5.41) is 12.8. The molecule has 1 saturated carbocycles. The fraction of sp³-hybridized carbons (Fsp3) is 0.500. The summed E-state index contributed by atoms with van der Waals surface area (Å²) in [6.45, 7) is 1.18. The molecule has 102 valence electrons. The Morgan fingerprint density at radius 1 is 1.37 bits per heavy atom. The van der Waals surface area contributed by atoms with Crippen LogP contribution in [0.15, 0.2) is 17.6 Å². The Hall–Kier alpha value is -1.33. The number of benzene rings is 1. The zero-order chi connectivity index (χ0) is 13.2. The number of hydrogen-bond donors (Lipinski definition) is 3. The van der Waals surface area contributed by atoms with E-state index in [1.165, 1.54) is 12.8 Å². The lowest BCUT2D eigenvalue weighted by atomic mass is 9.97. The molecule has 1 aliphatic carbocycles. The van der Waals surface area contributed by atoms with Gasteiger partial charge in [0.2, 0.25) is 0 Å². The van der Waals surface area contributed by atoms with Gasteiger partial charge in [-0.05, 0) is 36.8 Å². The topological polar surface area (TPSA) is 71.2 Å². The van der Waals surface area contributed by atoms with E-state index in [1.54, 1.807) is 11.3 Å². The normalized spacial score (nSPS) is 23.0. The van der Waals surface area contributed by atoms with Crippen LogP contribution < -0.4 is 11.1 Å². The van der Waals surface area contributed by atoms with E-state index >= 15 is 0 Å². The first-order chi connectivity index (χ1) is 9.29. The predicted octanol–water partition coefficient (Wildman–Crippen LogP) is 2.70. The molecule has 0 saturated heterocycles. The lowest BCUT2D eigenvalue weighted by Gasteiger charge is -2.19. The third-order valence-corrected chi connectivity index (χ3v) is 4.94. The van der Waals surface area contributed by atoms with Crippen molar-refractivity contribution in [3.63, 3.8) is 0 Å². The number of anilines is 2. The van der Waals surface area contributed by atoms with Gasteiger partial charge in [-0.3, -0.25) is 0 Å². The Morgan fingerprint density at radius 3 is 3.05 bits per heavy atom. The van der Waals surface area contributed by atoms with Crippen LogP contribution in [0.2, 0.25) is 0 Å². The quantitative estimate of drug-likeness (QED) is 0.751. The third-order valence-electron chi connectivity index (χ3n) is 4.15. The number of nitrogens with zero attached hydrogens (tertiary/aromatic N) is 1. The molecule has 1 aromatic carbocycles. The molecule has 3 rings (SSSR count). The number of nitrogens with one attached hydrogen (secondary N) is 1. The number of nitrogen functional groups attached to an aromatic ring is 1. The van der Waals surface area contributed by atoms with Crippen LogP contribution in [0.3, 0.4) is 0 Å². The van der Waals surface area contributed by atoms with E-state index in [-0.39, 0.29) is 0 Å². The second kappa shape index (κ2) is 5.35. The number of aliphatic hydroxyl groups is 1. The number of fused-ring (bicyclic) bond motifs is 1. The maximum Gasteiger partial charge on any atom is 0.106 e. The first-order valence-corrected chi connectivity index (χ1v) is 7.64. The summed E-state index contributed by atoms with van der Waals surface area (Å²) in [6, 6.07) is 4.09. The molecule has 0 amide bonds. The average Bonchev–Trinajstić information content (AvgIpc) is 3.06. The Morgan fingerprint density at radius 2 is 2.21 bits per heavy atom. The van der Waals surface area contributed by atoms with Crippen molar-refractivity contribution < 1.29 is 5.11 Å². The molecule has 2 aromatic rings. The second-order valence-electron chi connectivity index (χ2n) is 5.24. The molecule has 4 nitrogen and oxygen atoms in total. The van der Waals surface area contributed by atoms with Gasteiger partial charge in [-0.15, -0.1) is 11.3 Å². The summed E-state index contributed by atoms with van der Waals surface area (Å²) in [6.07, 6.45) is 3.55. The Kier molecular flexibility index (Phi) is 3.57. The van der Waals surface area contributed by atoms with Gasteiger partial charge < -0.3 is 16.2 Å². The van der Waals surface area contributed by atoms with Crippen LogP contribution in [0.1, 0.15) is 19.3 Å². The predicted molar refractivity (Wildman–Crippen MR) is 80.4 cm³/mol. The van der Waals surface area contributed by atoms with Crippen molar-refractivity contribution >= 4 is 32.9 Å². The van der Waals surface area contributed by atoms with E-state index in [9.17, 15) is 5.11 Å². The van der Waals surface area contributed by atoms with Crippen LogP contribution in [0.5, 0.6) is 0 Å². The molecule has 1 aliphatic rings. The first-order valence-electron chi connectivity index (χ1n) is 6.76. The van der Waals surface area contributed by atoms with Gasteiger partial charge >= 0.3 is 0 Å². The van der Waals surface area contributed by atoms with Gasteiger partial charge in [-0.25, -0.2) is 4.98 Å². The molecule has 1 fully saturated rings. The van der Waals surface area contributed by atoms with Crippen LogP contribution in [-0.4, -0.2) is 23.2 Å². The fourth-order valence-corrected chi connectivity index (χ4v) is 3.66. The van der Waals surface area contributed by atoms with E-state index in [0.29, 0.717) is 18.4 Å². The van der Waals surface area contributed by atoms with Crippen LogP contribution in [0.4, 0.5) is 11.4 Å². The summed E-state index contributed by atoms with van der Waals surface area (Å²) in [7, 11) is 0. The molecule has 1 aromatic heterocycles. The maximum atomic E-state index is 9.34. The minimum Gasteiger partial charge on any atom is -0.396 e. The second-order valence-corrected chi connectivity index (χ2v) is 6.13. The van der Waals surface area contributed by atoms with E-state index < -0.39 is 0 Å². The molecule has 2 unspecified atom stereocenters. The van der Waals surface area contributed by atoms with Crippen molar-refractivity contribution in [2.45, 2.75) is 19.3 Å². The molecule has 19 heavy (non-hydrogen) atoms. The van der Waals surface area contributed by atoms with Gasteiger partial charge in [0.1, 0.15) is 5.52 Å². The van der Waals surface area contributed by atoms with E-state index in [4.69, 9.17) is 5.73 Å². The number of thiazole rings is 1. The smallest absolute Gasteiger partial charge is 0.106 e. The van der Waals surface area contributed by atoms with Crippen molar-refractivity contribution in [3.8, 4) is 0 Å². The number of aliphatic hydroxyl groups excluding tert-OH is 1. The minimum atomic E-state index is 0.299. The SMILES string of the molecule is Nc1c(NCC2CCCC2CO)ccc2scnc12. The van der Waals surface area contributed by atoms with E-state index in [1.807, 2.05) is 11.6 Å². The minimum absolute atomic E-state index is 0.299. The summed E-state index contributed by atoms with van der Waals surface area (Å²) in [4.78, 5) is 4.30. The lowest BCUT2D eigenvalue weighted by molar-refractivity contribution is 0.199. The van der Waals surface area contributed by atoms with Gasteiger partial charge in [0.05, 0.1) is 21.6 Å². The highest BCUT2D eigenvalue weighted by molar-refractivity contribution is 7.16. The van der Waals surface area contributed by atoms with Crippen molar-refractivity contribution in [2.24, 2.45) is 11.8 Å². The molecule has 4 N–H and O–H groups in total. The lowest BCUT2D eigenvalue weighted by Crippen LogP contribution is -2.21. The maximum absolute atomic E-state index is 9.34. The molecule has 0 aliphatic heterocycles. The van der Waals surface area contributed by atoms with Crippen molar-refractivity contribution in [1.82, 2.24) is 4.98 Å². The van der Waals surface area contributed by atoms with Gasteiger partial charge in [-0.2, -0.15) is 0 Å².